The van der Waals surface area contributed by atoms with Crippen molar-refractivity contribution in [3.05, 3.63) is 46.7 Å². The number of nitrogens with zero attached hydrogens (tertiary/aromatic N) is 2. The van der Waals surface area contributed by atoms with Crippen molar-refractivity contribution in [2.75, 3.05) is 5.32 Å². The lowest BCUT2D eigenvalue weighted by Gasteiger charge is -2.08. The van der Waals surface area contributed by atoms with Crippen LogP contribution in [-0.2, 0) is 13.6 Å². The number of hydrogen-bond donors (Lipinski definition) is 1. The number of aryl methyl sites for hydroxylation is 1. The monoisotopic (exact) mass is 283 g/mol. The van der Waals surface area contributed by atoms with Gasteiger partial charge in [-0.2, -0.15) is 0 Å². The summed E-state index contributed by atoms with van der Waals surface area (Å²) in [5.74, 6) is -0.267. The van der Waals surface area contributed by atoms with Crippen LogP contribution < -0.4 is 5.32 Å². The second-order valence-corrected chi connectivity index (χ2v) is 4.39. The first-order valence-corrected chi connectivity index (χ1v) is 5.60. The van der Waals surface area contributed by atoms with Gasteiger partial charge in [-0.3, -0.25) is 0 Å². The lowest BCUT2D eigenvalue weighted by atomic mass is 10.3. The Labute approximate surface area is 101 Å². The normalized spacial score (nSPS) is 10.4. The van der Waals surface area contributed by atoms with Crippen molar-refractivity contribution in [3.8, 4) is 0 Å². The van der Waals surface area contributed by atoms with Gasteiger partial charge in [-0.15, -0.1) is 0 Å². The summed E-state index contributed by atoms with van der Waals surface area (Å²) in [6.45, 7) is 0.551. The summed E-state index contributed by atoms with van der Waals surface area (Å²) in [6, 6.07) is 4.94. The fourth-order valence-corrected chi connectivity index (χ4v) is 1.71. The Morgan fingerprint density at radius 1 is 1.50 bits per heavy atom. The third-order valence-corrected chi connectivity index (χ3v) is 2.80. The van der Waals surface area contributed by atoms with Crippen LogP contribution >= 0.6 is 15.9 Å². The van der Waals surface area contributed by atoms with Crippen LogP contribution in [0.4, 0.5) is 10.1 Å². The van der Waals surface area contributed by atoms with Gasteiger partial charge in [-0.25, -0.2) is 9.37 Å². The summed E-state index contributed by atoms with van der Waals surface area (Å²) >= 11 is 3.22. The maximum Gasteiger partial charge on any atom is 0.147 e. The highest BCUT2D eigenvalue weighted by Crippen LogP contribution is 2.19. The molecule has 0 amide bonds. The standard InChI is InChI=1S/C11H11BrFN3/c1-16-7-14-5-9(16)6-15-11-3-2-8(12)4-10(11)13/h2-5,7,15H,6H2,1H3. The molecular formula is C11H11BrFN3. The molecule has 1 aromatic carbocycles. The fourth-order valence-electron chi connectivity index (χ4n) is 1.37. The highest BCUT2D eigenvalue weighted by atomic mass is 79.9. The molecule has 2 aromatic rings. The van der Waals surface area contributed by atoms with Crippen LogP contribution in [0, 0.1) is 5.82 Å². The van der Waals surface area contributed by atoms with E-state index in [0.29, 0.717) is 12.2 Å². The number of imidazole rings is 1. The van der Waals surface area contributed by atoms with Crippen LogP contribution in [0.3, 0.4) is 0 Å². The van der Waals surface area contributed by atoms with Crippen LogP contribution in [0.25, 0.3) is 0 Å². The molecule has 0 aliphatic heterocycles. The number of aromatic nitrogens is 2. The van der Waals surface area contributed by atoms with Gasteiger partial charge in [0.15, 0.2) is 0 Å². The van der Waals surface area contributed by atoms with Crippen molar-refractivity contribution in [1.29, 1.82) is 0 Å². The molecule has 0 atom stereocenters. The highest BCUT2D eigenvalue weighted by Gasteiger charge is 2.03. The summed E-state index contributed by atoms with van der Waals surface area (Å²) in [6.07, 6.45) is 3.47. The molecule has 0 radical (unpaired) electrons. The summed E-state index contributed by atoms with van der Waals surface area (Å²) in [5.41, 5.74) is 1.49. The van der Waals surface area contributed by atoms with E-state index in [-0.39, 0.29) is 5.82 Å². The molecule has 16 heavy (non-hydrogen) atoms. The molecule has 2 rings (SSSR count). The molecule has 0 fully saturated rings. The number of rotatable bonds is 3. The summed E-state index contributed by atoms with van der Waals surface area (Å²) in [7, 11) is 1.90. The second kappa shape index (κ2) is 4.65. The zero-order chi connectivity index (χ0) is 11.5. The molecule has 0 unspecified atom stereocenters. The van der Waals surface area contributed by atoms with E-state index in [1.165, 1.54) is 6.07 Å². The van der Waals surface area contributed by atoms with Crippen molar-refractivity contribution >= 4 is 21.6 Å². The van der Waals surface area contributed by atoms with Gasteiger partial charge in [-0.1, -0.05) is 15.9 Å². The third-order valence-electron chi connectivity index (χ3n) is 2.31. The third kappa shape index (κ3) is 2.41. The number of hydrogen-bond acceptors (Lipinski definition) is 2. The first-order valence-electron chi connectivity index (χ1n) is 4.81. The van der Waals surface area contributed by atoms with Gasteiger partial charge in [0, 0.05) is 17.7 Å². The molecule has 0 bridgehead atoms. The fraction of sp³-hybridized carbons (Fsp3) is 0.182. The topological polar surface area (TPSA) is 29.9 Å². The lowest BCUT2D eigenvalue weighted by molar-refractivity contribution is 0.629. The maximum absolute atomic E-state index is 13.5. The number of anilines is 1. The molecule has 0 aliphatic rings. The number of benzene rings is 1. The molecule has 1 aromatic heterocycles. The van der Waals surface area contributed by atoms with Crippen molar-refractivity contribution in [2.24, 2.45) is 7.05 Å². The minimum absolute atomic E-state index is 0.267. The lowest BCUT2D eigenvalue weighted by Crippen LogP contribution is -2.05. The summed E-state index contributed by atoms with van der Waals surface area (Å²) in [4.78, 5) is 3.99. The first-order chi connectivity index (χ1) is 7.66. The van der Waals surface area contributed by atoms with Crippen molar-refractivity contribution in [3.63, 3.8) is 0 Å². The Kier molecular flexibility index (Phi) is 3.24. The van der Waals surface area contributed by atoms with E-state index < -0.39 is 0 Å². The van der Waals surface area contributed by atoms with E-state index in [4.69, 9.17) is 0 Å². The Bertz CT molecular complexity index is 496. The van der Waals surface area contributed by atoms with Gasteiger partial charge in [0.2, 0.25) is 0 Å². The molecule has 0 saturated carbocycles. The van der Waals surface area contributed by atoms with Gasteiger partial charge >= 0.3 is 0 Å². The summed E-state index contributed by atoms with van der Waals surface area (Å²) < 4.78 is 16.1. The molecule has 84 valence electrons. The molecule has 3 nitrogen and oxygen atoms in total. The maximum atomic E-state index is 13.5. The van der Waals surface area contributed by atoms with Crippen molar-refractivity contribution in [1.82, 2.24) is 9.55 Å². The average Bonchev–Trinajstić information content (AvgIpc) is 2.63. The molecule has 0 saturated heterocycles. The Balaban J connectivity index is 2.08. The SMILES string of the molecule is Cn1cncc1CNc1ccc(Br)cc1F. The molecular weight excluding hydrogens is 273 g/mol. The summed E-state index contributed by atoms with van der Waals surface area (Å²) in [5, 5.41) is 3.03. The van der Waals surface area contributed by atoms with Crippen LogP contribution in [0.15, 0.2) is 35.2 Å². The highest BCUT2D eigenvalue weighted by molar-refractivity contribution is 9.10. The van der Waals surface area contributed by atoms with Gasteiger partial charge in [0.05, 0.1) is 24.3 Å². The van der Waals surface area contributed by atoms with Gasteiger partial charge in [-0.05, 0) is 18.2 Å². The van der Waals surface area contributed by atoms with Crippen LogP contribution in [0.5, 0.6) is 0 Å². The zero-order valence-electron chi connectivity index (χ0n) is 8.74. The predicted molar refractivity (Wildman–Crippen MR) is 64.6 cm³/mol. The van der Waals surface area contributed by atoms with E-state index in [0.717, 1.165) is 10.2 Å². The number of nitrogens with one attached hydrogen (secondary N) is 1. The molecule has 1 N–H and O–H groups in total. The molecule has 0 spiro atoms. The van der Waals surface area contributed by atoms with E-state index in [2.05, 4.69) is 26.2 Å². The smallest absolute Gasteiger partial charge is 0.147 e. The van der Waals surface area contributed by atoms with E-state index in [1.54, 1.807) is 24.7 Å². The van der Waals surface area contributed by atoms with Gasteiger partial charge in [0.25, 0.3) is 0 Å². The molecule has 1 heterocycles. The van der Waals surface area contributed by atoms with E-state index in [1.807, 2.05) is 11.6 Å². The van der Waals surface area contributed by atoms with Crippen LogP contribution in [0.2, 0.25) is 0 Å². The predicted octanol–water partition coefficient (Wildman–Crippen LogP) is 2.93. The first kappa shape index (κ1) is 11.1. The van der Waals surface area contributed by atoms with E-state index >= 15 is 0 Å². The van der Waals surface area contributed by atoms with Gasteiger partial charge in [0.1, 0.15) is 5.82 Å². The molecule has 0 aliphatic carbocycles. The van der Waals surface area contributed by atoms with Crippen LogP contribution in [0.1, 0.15) is 5.69 Å². The van der Waals surface area contributed by atoms with Gasteiger partial charge < -0.3 is 9.88 Å². The molecule has 5 heteroatoms. The zero-order valence-corrected chi connectivity index (χ0v) is 10.3. The number of halogens is 2. The van der Waals surface area contributed by atoms with E-state index in [9.17, 15) is 4.39 Å². The minimum Gasteiger partial charge on any atom is -0.377 e. The second-order valence-electron chi connectivity index (χ2n) is 3.47. The minimum atomic E-state index is -0.267. The largest absolute Gasteiger partial charge is 0.377 e. The quantitative estimate of drug-likeness (QED) is 0.939. The van der Waals surface area contributed by atoms with Crippen LogP contribution in [-0.4, -0.2) is 9.55 Å². The Morgan fingerprint density at radius 2 is 2.31 bits per heavy atom. The Hall–Kier alpha value is -1.36. The van der Waals surface area contributed by atoms with Crippen molar-refractivity contribution in [2.45, 2.75) is 6.54 Å². The Morgan fingerprint density at radius 3 is 2.94 bits per heavy atom. The van der Waals surface area contributed by atoms with Crippen molar-refractivity contribution < 1.29 is 4.39 Å². The average molecular weight is 284 g/mol.